The molecule has 78 valence electrons. The maximum absolute atomic E-state index is 13.1. The van der Waals surface area contributed by atoms with E-state index in [1.54, 1.807) is 0 Å². The molecule has 0 aliphatic heterocycles. The molecule has 0 fully saturated rings. The van der Waals surface area contributed by atoms with Crippen molar-refractivity contribution in [3.05, 3.63) is 28.8 Å². The maximum Gasteiger partial charge on any atom is 0.280 e. The van der Waals surface area contributed by atoms with Crippen LogP contribution in [-0.4, -0.2) is 10.1 Å². The van der Waals surface area contributed by atoms with Gasteiger partial charge in [0.2, 0.25) is 5.95 Å². The van der Waals surface area contributed by atoms with Crippen molar-refractivity contribution < 1.29 is 18.3 Å². The summed E-state index contributed by atoms with van der Waals surface area (Å²) < 4.78 is 37.4. The van der Waals surface area contributed by atoms with Gasteiger partial charge in [-0.2, -0.15) is 4.39 Å². The molecule has 0 saturated carbocycles. The minimum atomic E-state index is -2.83. The molecule has 6 heteroatoms. The normalized spacial score (nSPS) is 11.0. The third-order valence-electron chi connectivity index (χ3n) is 1.71. The zero-order valence-electron chi connectivity index (χ0n) is 6.98. The van der Waals surface area contributed by atoms with E-state index in [-0.39, 0.29) is 16.5 Å². The molecule has 1 N–H and O–H groups in total. The van der Waals surface area contributed by atoms with E-state index in [4.69, 9.17) is 5.11 Å². The molecule has 1 aromatic heterocycles. The predicted octanol–water partition coefficient (Wildman–Crippen LogP) is 2.55. The van der Waals surface area contributed by atoms with Crippen LogP contribution in [-0.2, 0) is 11.9 Å². The Morgan fingerprint density at radius 3 is 2.57 bits per heavy atom. The minimum Gasteiger partial charge on any atom is -0.392 e. The average Bonchev–Trinajstić information content (AvgIpc) is 2.16. The second kappa shape index (κ2) is 4.75. The molecule has 0 saturated heterocycles. The number of aliphatic hydroxyl groups is 1. The number of alkyl halides is 3. The molecule has 0 unspecified atom stereocenters. The Hall–Kier alpha value is -0.620. The second-order valence-electron chi connectivity index (χ2n) is 2.57. The van der Waals surface area contributed by atoms with Crippen LogP contribution >= 0.6 is 15.9 Å². The highest BCUT2D eigenvalue weighted by molar-refractivity contribution is 9.08. The lowest BCUT2D eigenvalue weighted by Crippen LogP contribution is -2.03. The van der Waals surface area contributed by atoms with Gasteiger partial charge in [-0.1, -0.05) is 15.9 Å². The van der Waals surface area contributed by atoms with Gasteiger partial charge in [0.25, 0.3) is 6.43 Å². The van der Waals surface area contributed by atoms with Crippen molar-refractivity contribution in [3.8, 4) is 0 Å². The van der Waals surface area contributed by atoms with Crippen molar-refractivity contribution in [1.29, 1.82) is 0 Å². The van der Waals surface area contributed by atoms with E-state index in [1.807, 2.05) is 0 Å². The second-order valence-corrected chi connectivity index (χ2v) is 3.13. The van der Waals surface area contributed by atoms with Gasteiger partial charge in [0.05, 0.1) is 6.61 Å². The average molecular weight is 270 g/mol. The Morgan fingerprint density at radius 1 is 1.50 bits per heavy atom. The van der Waals surface area contributed by atoms with Crippen LogP contribution in [0.5, 0.6) is 0 Å². The minimum absolute atomic E-state index is 0.108. The third kappa shape index (κ3) is 2.24. The van der Waals surface area contributed by atoms with Crippen LogP contribution in [0, 0.1) is 5.95 Å². The first-order valence-corrected chi connectivity index (χ1v) is 4.85. The van der Waals surface area contributed by atoms with Crippen molar-refractivity contribution >= 4 is 15.9 Å². The number of hydrogen-bond acceptors (Lipinski definition) is 2. The van der Waals surface area contributed by atoms with Gasteiger partial charge in [0, 0.05) is 10.9 Å². The van der Waals surface area contributed by atoms with Gasteiger partial charge in [-0.15, -0.1) is 0 Å². The molecule has 0 aliphatic carbocycles. The van der Waals surface area contributed by atoms with Gasteiger partial charge in [-0.3, -0.25) is 0 Å². The van der Waals surface area contributed by atoms with E-state index in [0.717, 1.165) is 6.07 Å². The summed E-state index contributed by atoms with van der Waals surface area (Å²) in [6, 6.07) is 1.00. The SMILES string of the molecule is OCc1cc(C(F)F)nc(F)c1CBr. The van der Waals surface area contributed by atoms with E-state index in [1.165, 1.54) is 0 Å². The summed E-state index contributed by atoms with van der Waals surface area (Å²) in [6.45, 7) is -0.486. The standard InChI is InChI=1S/C8H7BrF3NO/c9-2-5-4(3-14)1-6(7(10)11)13-8(5)12/h1,7,14H,2-3H2. The van der Waals surface area contributed by atoms with Crippen molar-refractivity contribution in [2.24, 2.45) is 0 Å². The van der Waals surface area contributed by atoms with Gasteiger partial charge >= 0.3 is 0 Å². The summed E-state index contributed by atoms with van der Waals surface area (Å²) in [5.41, 5.74) is -0.419. The maximum atomic E-state index is 13.1. The third-order valence-corrected chi connectivity index (χ3v) is 2.27. The van der Waals surface area contributed by atoms with Gasteiger partial charge in [-0.05, 0) is 11.6 Å². The fraction of sp³-hybridized carbons (Fsp3) is 0.375. The molecular formula is C8H7BrF3NO. The Balaban J connectivity index is 3.24. The van der Waals surface area contributed by atoms with Crippen molar-refractivity contribution in [3.63, 3.8) is 0 Å². The van der Waals surface area contributed by atoms with E-state index in [2.05, 4.69) is 20.9 Å². The van der Waals surface area contributed by atoms with E-state index >= 15 is 0 Å². The molecule has 1 heterocycles. The molecule has 0 bridgehead atoms. The summed E-state index contributed by atoms with van der Waals surface area (Å²) in [4.78, 5) is 3.09. The molecule has 14 heavy (non-hydrogen) atoms. The fourth-order valence-electron chi connectivity index (χ4n) is 1.01. The Bertz CT molecular complexity index is 333. The summed E-state index contributed by atoms with van der Waals surface area (Å²) >= 11 is 2.98. The number of nitrogens with zero attached hydrogens (tertiary/aromatic N) is 1. The molecule has 0 spiro atoms. The monoisotopic (exact) mass is 269 g/mol. The van der Waals surface area contributed by atoms with E-state index in [0.29, 0.717) is 0 Å². The predicted molar refractivity (Wildman–Crippen MR) is 47.7 cm³/mol. The highest BCUT2D eigenvalue weighted by Gasteiger charge is 2.16. The largest absolute Gasteiger partial charge is 0.392 e. The molecule has 0 amide bonds. The van der Waals surface area contributed by atoms with Crippen LogP contribution in [0.3, 0.4) is 0 Å². The Kier molecular flexibility index (Phi) is 3.88. The van der Waals surface area contributed by atoms with Crippen molar-refractivity contribution in [2.45, 2.75) is 18.4 Å². The van der Waals surface area contributed by atoms with Crippen LogP contribution < -0.4 is 0 Å². The molecule has 1 aromatic rings. The molecule has 0 aliphatic rings. The zero-order chi connectivity index (χ0) is 10.7. The van der Waals surface area contributed by atoms with E-state index in [9.17, 15) is 13.2 Å². The Labute approximate surface area is 86.9 Å². The molecular weight excluding hydrogens is 263 g/mol. The van der Waals surface area contributed by atoms with Gasteiger partial charge < -0.3 is 5.11 Å². The fourth-order valence-corrected chi connectivity index (χ4v) is 1.60. The van der Waals surface area contributed by atoms with Crippen LogP contribution in [0.1, 0.15) is 23.2 Å². The van der Waals surface area contributed by atoms with E-state index < -0.39 is 24.7 Å². The lowest BCUT2D eigenvalue weighted by molar-refractivity contribution is 0.144. The van der Waals surface area contributed by atoms with Crippen molar-refractivity contribution in [1.82, 2.24) is 4.98 Å². The first-order chi connectivity index (χ1) is 6.60. The number of halogens is 4. The highest BCUT2D eigenvalue weighted by Crippen LogP contribution is 2.22. The number of rotatable bonds is 3. The smallest absolute Gasteiger partial charge is 0.280 e. The molecule has 1 rings (SSSR count). The summed E-state index contributed by atoms with van der Waals surface area (Å²) in [6.07, 6.45) is -2.83. The first kappa shape index (κ1) is 11.5. The number of aromatic nitrogens is 1. The van der Waals surface area contributed by atoms with Crippen molar-refractivity contribution in [2.75, 3.05) is 0 Å². The first-order valence-electron chi connectivity index (χ1n) is 3.73. The van der Waals surface area contributed by atoms with Crippen LogP contribution in [0.4, 0.5) is 13.2 Å². The summed E-state index contributed by atoms with van der Waals surface area (Å²) in [7, 11) is 0. The van der Waals surface area contributed by atoms with Crippen LogP contribution in [0.15, 0.2) is 6.07 Å². The molecule has 0 radical (unpaired) electrons. The number of aliphatic hydroxyl groups excluding tert-OH is 1. The summed E-state index contributed by atoms with van der Waals surface area (Å²) in [5.74, 6) is -0.969. The Morgan fingerprint density at radius 2 is 2.14 bits per heavy atom. The van der Waals surface area contributed by atoms with Crippen LogP contribution in [0.2, 0.25) is 0 Å². The van der Waals surface area contributed by atoms with Gasteiger partial charge in [-0.25, -0.2) is 13.8 Å². The molecule has 0 atom stereocenters. The van der Waals surface area contributed by atoms with Gasteiger partial charge in [0.1, 0.15) is 5.69 Å². The molecule has 0 aromatic carbocycles. The lowest BCUT2D eigenvalue weighted by atomic mass is 10.1. The zero-order valence-corrected chi connectivity index (χ0v) is 8.56. The summed E-state index contributed by atoms with van der Waals surface area (Å²) in [5, 5.41) is 8.95. The lowest BCUT2D eigenvalue weighted by Gasteiger charge is -2.07. The quantitative estimate of drug-likeness (QED) is 0.676. The molecule has 2 nitrogen and oxygen atoms in total. The van der Waals surface area contributed by atoms with Crippen LogP contribution in [0.25, 0.3) is 0 Å². The number of hydrogen-bond donors (Lipinski definition) is 1. The number of pyridine rings is 1. The van der Waals surface area contributed by atoms with Gasteiger partial charge in [0.15, 0.2) is 0 Å². The topological polar surface area (TPSA) is 33.1 Å². The highest BCUT2D eigenvalue weighted by atomic mass is 79.9.